The van der Waals surface area contributed by atoms with Gasteiger partial charge in [-0.2, -0.15) is 0 Å². The number of ether oxygens (including phenoxy) is 1. The van der Waals surface area contributed by atoms with E-state index in [9.17, 15) is 33.1 Å². The minimum atomic E-state index is -0.989. The van der Waals surface area contributed by atoms with Gasteiger partial charge in [-0.15, -0.1) is 0 Å². The molecular formula is C37H44F2N6O6. The predicted octanol–water partition coefficient (Wildman–Crippen LogP) is 2.46. The van der Waals surface area contributed by atoms with Crippen molar-refractivity contribution in [2.45, 2.75) is 58.2 Å². The molecule has 12 nitrogen and oxygen atoms in total. The van der Waals surface area contributed by atoms with Crippen LogP contribution < -0.4 is 16.4 Å². The monoisotopic (exact) mass is 706 g/mol. The van der Waals surface area contributed by atoms with Crippen LogP contribution in [0.2, 0.25) is 0 Å². The minimum Gasteiger partial charge on any atom is -0.387 e. The fourth-order valence-electron chi connectivity index (χ4n) is 6.29. The number of nitrogens with zero attached hydrogens (tertiary/aromatic N) is 3. The van der Waals surface area contributed by atoms with Crippen LogP contribution in [0.25, 0.3) is 11.1 Å². The molecule has 0 saturated carbocycles. The zero-order valence-electron chi connectivity index (χ0n) is 28.9. The van der Waals surface area contributed by atoms with E-state index in [4.69, 9.17) is 10.5 Å². The van der Waals surface area contributed by atoms with E-state index in [1.54, 1.807) is 12.3 Å². The first kappa shape index (κ1) is 37.5. The molecule has 3 aromatic rings. The molecule has 0 aliphatic carbocycles. The Balaban J connectivity index is 1.26. The highest BCUT2D eigenvalue weighted by Gasteiger charge is 2.42. The Kier molecular flexibility index (Phi) is 11.8. The van der Waals surface area contributed by atoms with Crippen molar-refractivity contribution < 1.29 is 37.8 Å². The number of amides is 4. The van der Waals surface area contributed by atoms with E-state index < -0.39 is 47.6 Å². The summed E-state index contributed by atoms with van der Waals surface area (Å²) in [4.78, 5) is 52.4. The van der Waals surface area contributed by atoms with Crippen LogP contribution >= 0.6 is 0 Å². The van der Waals surface area contributed by atoms with Crippen LogP contribution in [0.4, 0.5) is 8.78 Å². The summed E-state index contributed by atoms with van der Waals surface area (Å²) >= 11 is 0. The van der Waals surface area contributed by atoms with Gasteiger partial charge in [0.25, 0.3) is 11.8 Å². The SMILES string of the molecule is CC(C)(C)[C@H](c1cc(-c2cc(F)ccc2F)cn1Cc1ccccc1)N(CC[C@H](N)C(=O)NCCNC1OC1CN1C(=O)C=CC1=O)C(=O)CO. The maximum atomic E-state index is 15.0. The summed E-state index contributed by atoms with van der Waals surface area (Å²) in [6.45, 7) is 6.11. The summed E-state index contributed by atoms with van der Waals surface area (Å²) in [6.07, 6.45) is 3.53. The van der Waals surface area contributed by atoms with Gasteiger partial charge >= 0.3 is 0 Å². The van der Waals surface area contributed by atoms with E-state index >= 15 is 0 Å². The van der Waals surface area contributed by atoms with Crippen molar-refractivity contribution in [3.63, 3.8) is 0 Å². The number of benzene rings is 2. The van der Waals surface area contributed by atoms with E-state index in [1.807, 2.05) is 55.7 Å². The predicted molar refractivity (Wildman–Crippen MR) is 184 cm³/mol. The van der Waals surface area contributed by atoms with E-state index in [-0.39, 0.29) is 55.8 Å². The third kappa shape index (κ3) is 9.33. The number of aliphatic hydroxyl groups excluding tert-OH is 1. The Bertz CT molecular complexity index is 1760. The molecule has 3 heterocycles. The normalized spacial score (nSPS) is 18.2. The first-order chi connectivity index (χ1) is 24.3. The van der Waals surface area contributed by atoms with Crippen molar-refractivity contribution >= 4 is 23.6 Å². The van der Waals surface area contributed by atoms with Gasteiger partial charge in [0, 0.05) is 61.3 Å². The highest BCUT2D eigenvalue weighted by atomic mass is 19.1. The van der Waals surface area contributed by atoms with E-state index in [1.165, 1.54) is 17.1 Å². The third-order valence-electron chi connectivity index (χ3n) is 8.87. The number of hydrogen-bond acceptors (Lipinski definition) is 8. The summed E-state index contributed by atoms with van der Waals surface area (Å²) < 4.78 is 36.6. The molecule has 0 radical (unpaired) electrons. The second-order valence-corrected chi connectivity index (χ2v) is 13.8. The van der Waals surface area contributed by atoms with Crippen molar-refractivity contribution in [3.8, 4) is 11.1 Å². The number of carbonyl (C=O) groups is 4. The topological polar surface area (TPSA) is 163 Å². The van der Waals surface area contributed by atoms with Gasteiger partial charge in [0.1, 0.15) is 30.6 Å². The summed E-state index contributed by atoms with van der Waals surface area (Å²) in [5, 5.41) is 15.9. The highest BCUT2D eigenvalue weighted by Crippen LogP contribution is 2.41. The molecule has 272 valence electrons. The molecule has 1 saturated heterocycles. The largest absolute Gasteiger partial charge is 0.387 e. The summed E-state index contributed by atoms with van der Waals surface area (Å²) in [7, 11) is 0. The average molecular weight is 707 g/mol. The van der Waals surface area contributed by atoms with Crippen molar-refractivity contribution in [2.24, 2.45) is 11.1 Å². The number of hydrogen-bond donors (Lipinski definition) is 4. The lowest BCUT2D eigenvalue weighted by Crippen LogP contribution is -2.48. The Hall–Kier alpha value is -4.76. The molecule has 5 N–H and O–H groups in total. The number of halogens is 2. The molecular weight excluding hydrogens is 662 g/mol. The van der Waals surface area contributed by atoms with Crippen molar-refractivity contribution in [3.05, 3.63) is 95.8 Å². The first-order valence-corrected chi connectivity index (χ1v) is 16.8. The van der Waals surface area contributed by atoms with Gasteiger partial charge in [0.05, 0.1) is 18.6 Å². The molecule has 5 rings (SSSR count). The van der Waals surface area contributed by atoms with Crippen LogP contribution in [0.1, 0.15) is 44.5 Å². The van der Waals surface area contributed by atoms with E-state index in [2.05, 4.69) is 10.6 Å². The second-order valence-electron chi connectivity index (χ2n) is 13.8. The van der Waals surface area contributed by atoms with Gasteiger partial charge in [-0.05, 0) is 41.7 Å². The average Bonchev–Trinajstić information content (AvgIpc) is 3.61. The Morgan fingerprint density at radius 1 is 1.04 bits per heavy atom. The van der Waals surface area contributed by atoms with Crippen LogP contribution in [0.15, 0.2) is 72.9 Å². The first-order valence-electron chi connectivity index (χ1n) is 16.8. The molecule has 2 aromatic carbocycles. The van der Waals surface area contributed by atoms with Gasteiger partial charge in [-0.1, -0.05) is 51.1 Å². The van der Waals surface area contributed by atoms with Crippen LogP contribution in [-0.4, -0.2) is 94.3 Å². The minimum absolute atomic E-state index is 0.0226. The zero-order chi connectivity index (χ0) is 36.9. The van der Waals surface area contributed by atoms with Crippen LogP contribution in [0, 0.1) is 17.0 Å². The Labute approximate surface area is 295 Å². The second kappa shape index (κ2) is 16.1. The fraction of sp³-hybridized carbons (Fsp3) is 0.405. The Morgan fingerprint density at radius 2 is 1.75 bits per heavy atom. The molecule has 14 heteroatoms. The summed E-state index contributed by atoms with van der Waals surface area (Å²) in [5.41, 5.74) is 7.72. The van der Waals surface area contributed by atoms with Crippen LogP contribution in [0.5, 0.6) is 0 Å². The van der Waals surface area contributed by atoms with Crippen molar-refractivity contribution in [1.82, 2.24) is 25.0 Å². The molecule has 4 amide bonds. The summed E-state index contributed by atoms with van der Waals surface area (Å²) in [6, 6.07) is 12.9. The highest BCUT2D eigenvalue weighted by molar-refractivity contribution is 6.12. The van der Waals surface area contributed by atoms with E-state index in [0.29, 0.717) is 24.3 Å². The molecule has 4 atom stereocenters. The number of carbonyl (C=O) groups excluding carboxylic acids is 4. The third-order valence-corrected chi connectivity index (χ3v) is 8.87. The number of imide groups is 1. The van der Waals surface area contributed by atoms with E-state index in [0.717, 1.165) is 28.7 Å². The molecule has 2 aliphatic heterocycles. The fourth-order valence-corrected chi connectivity index (χ4v) is 6.29. The molecule has 1 fully saturated rings. The van der Waals surface area contributed by atoms with Gasteiger partial charge < -0.3 is 30.4 Å². The Morgan fingerprint density at radius 3 is 2.41 bits per heavy atom. The molecule has 1 aromatic heterocycles. The van der Waals surface area contributed by atoms with Crippen LogP contribution in [-0.2, 0) is 30.5 Å². The molecule has 2 unspecified atom stereocenters. The zero-order valence-corrected chi connectivity index (χ0v) is 28.9. The lowest BCUT2D eigenvalue weighted by Gasteiger charge is -2.41. The van der Waals surface area contributed by atoms with Gasteiger partial charge in [-0.25, -0.2) is 8.78 Å². The van der Waals surface area contributed by atoms with Gasteiger partial charge in [0.15, 0.2) is 0 Å². The molecule has 2 aliphatic rings. The number of aliphatic hydroxyl groups is 1. The van der Waals surface area contributed by atoms with Gasteiger partial charge in [0.2, 0.25) is 11.8 Å². The number of rotatable bonds is 16. The quantitative estimate of drug-likeness (QED) is 0.100. The smallest absolute Gasteiger partial charge is 0.253 e. The number of nitrogens with one attached hydrogen (secondary N) is 2. The lowest BCUT2D eigenvalue weighted by molar-refractivity contribution is -0.140. The number of nitrogens with two attached hydrogens (primary N) is 1. The lowest BCUT2D eigenvalue weighted by atomic mass is 9.82. The summed E-state index contributed by atoms with van der Waals surface area (Å²) in [5.74, 6) is -2.97. The standard InChI is InChI=1S/C37H44F2N6O6/c1-37(2,3)34(29-17-24(26-18-25(38)9-10-27(26)39)20-43(29)19-23-7-5-4-6-8-23)44(33(49)22-46)16-13-28(40)35(50)41-14-15-42-36-30(51-36)21-45-31(47)11-12-32(45)48/h4-12,17-18,20,28,30,34,36,42,46H,13-16,19,21-22,40H2,1-3H3,(H,41,50)/t28-,30?,34-,36?/m0/s1. The maximum Gasteiger partial charge on any atom is 0.253 e. The van der Waals surface area contributed by atoms with Crippen LogP contribution in [0.3, 0.4) is 0 Å². The number of epoxide rings is 1. The van der Waals surface area contributed by atoms with Crippen molar-refractivity contribution in [2.75, 3.05) is 32.8 Å². The molecule has 0 bridgehead atoms. The maximum absolute atomic E-state index is 15.0. The molecule has 0 spiro atoms. The van der Waals surface area contributed by atoms with Crippen molar-refractivity contribution in [1.29, 1.82) is 0 Å². The number of aromatic nitrogens is 1. The molecule has 51 heavy (non-hydrogen) atoms. The van der Waals surface area contributed by atoms with Gasteiger partial charge in [-0.3, -0.25) is 29.4 Å².